The number of amides is 2. The smallest absolute Gasteiger partial charge is 0.326 e. The van der Waals surface area contributed by atoms with Crippen molar-refractivity contribution in [2.75, 3.05) is 11.9 Å². The fourth-order valence-electron chi connectivity index (χ4n) is 2.81. The Labute approximate surface area is 199 Å². The molecule has 0 aromatic heterocycles. The molecular weight excluding hydrogens is 472 g/mol. The zero-order chi connectivity index (χ0) is 23.4. The predicted octanol–water partition coefficient (Wildman–Crippen LogP) is 4.34. The highest BCUT2D eigenvalue weighted by Crippen LogP contribution is 2.36. The summed E-state index contributed by atoms with van der Waals surface area (Å²) >= 11 is 12.3. The summed E-state index contributed by atoms with van der Waals surface area (Å²) in [4.78, 5) is 37.5. The molecule has 1 unspecified atom stereocenters. The molecule has 3 rings (SSSR count). The van der Waals surface area contributed by atoms with Crippen LogP contribution in [0.1, 0.15) is 18.1 Å². The van der Waals surface area contributed by atoms with Gasteiger partial charge in [0.1, 0.15) is 16.1 Å². The molecule has 0 saturated carbocycles. The lowest BCUT2D eigenvalue weighted by Gasteiger charge is -2.18. The zero-order valence-corrected chi connectivity index (χ0v) is 19.5. The van der Waals surface area contributed by atoms with Crippen molar-refractivity contribution in [3.63, 3.8) is 0 Å². The number of carboxylic acid groups (broad SMARTS) is 1. The third kappa shape index (κ3) is 5.67. The molecule has 1 atom stereocenters. The van der Waals surface area contributed by atoms with Crippen molar-refractivity contribution in [2.24, 2.45) is 0 Å². The lowest BCUT2D eigenvalue weighted by molar-refractivity contribution is -0.144. The monoisotopic (exact) mass is 490 g/mol. The van der Waals surface area contributed by atoms with Crippen molar-refractivity contribution in [3.8, 4) is 5.75 Å². The molecular formula is C22H19ClN2O5S2. The van der Waals surface area contributed by atoms with Gasteiger partial charge in [0.15, 0.2) is 6.61 Å². The summed E-state index contributed by atoms with van der Waals surface area (Å²) in [6, 6.07) is 11.0. The number of hydrogen-bond donors (Lipinski definition) is 2. The standard InChI is InChI=1S/C22H19ClN2O5S2/c1-12-3-6-16(7-4-12)24-19(26)11-30-17-8-5-15(23)9-14(17)10-18-20(27)25(22(31)32-18)13(2)21(28)29/h3-10,13H,11H2,1-2H3,(H,24,26)(H,28,29)/b18-10-. The molecule has 0 radical (unpaired) electrons. The molecule has 2 N–H and O–H groups in total. The molecule has 7 nitrogen and oxygen atoms in total. The van der Waals surface area contributed by atoms with E-state index in [1.165, 1.54) is 13.0 Å². The number of rotatable bonds is 7. The predicted molar refractivity (Wildman–Crippen MR) is 129 cm³/mol. The first-order valence-electron chi connectivity index (χ1n) is 9.44. The van der Waals surface area contributed by atoms with Crippen molar-refractivity contribution in [2.45, 2.75) is 19.9 Å². The van der Waals surface area contributed by atoms with Crippen LogP contribution in [0.15, 0.2) is 47.4 Å². The quantitative estimate of drug-likeness (QED) is 0.440. The lowest BCUT2D eigenvalue weighted by Crippen LogP contribution is -2.41. The first-order chi connectivity index (χ1) is 15.2. The molecule has 1 aliphatic rings. The third-order valence-corrected chi connectivity index (χ3v) is 6.09. The van der Waals surface area contributed by atoms with Gasteiger partial charge in [0.25, 0.3) is 11.8 Å². The van der Waals surface area contributed by atoms with Crippen LogP contribution in [0.3, 0.4) is 0 Å². The summed E-state index contributed by atoms with van der Waals surface area (Å²) in [6.07, 6.45) is 1.52. The molecule has 1 saturated heterocycles. The summed E-state index contributed by atoms with van der Waals surface area (Å²) in [5.74, 6) is -1.69. The molecule has 1 aliphatic heterocycles. The third-order valence-electron chi connectivity index (χ3n) is 4.52. The minimum atomic E-state index is -1.16. The van der Waals surface area contributed by atoms with E-state index in [-0.39, 0.29) is 21.7 Å². The van der Waals surface area contributed by atoms with Crippen LogP contribution < -0.4 is 10.1 Å². The van der Waals surface area contributed by atoms with Gasteiger partial charge in [0.05, 0.1) is 4.91 Å². The fraction of sp³-hybridized carbons (Fsp3) is 0.182. The van der Waals surface area contributed by atoms with Gasteiger partial charge >= 0.3 is 5.97 Å². The van der Waals surface area contributed by atoms with Crippen molar-refractivity contribution < 1.29 is 24.2 Å². The van der Waals surface area contributed by atoms with Crippen LogP contribution in [-0.4, -0.2) is 44.8 Å². The minimum absolute atomic E-state index is 0.151. The van der Waals surface area contributed by atoms with Gasteiger partial charge in [-0.3, -0.25) is 14.5 Å². The maximum atomic E-state index is 12.7. The topological polar surface area (TPSA) is 95.9 Å². The Morgan fingerprint density at radius 2 is 1.97 bits per heavy atom. The highest BCUT2D eigenvalue weighted by Gasteiger charge is 2.38. The number of nitrogens with one attached hydrogen (secondary N) is 1. The van der Waals surface area contributed by atoms with Crippen molar-refractivity contribution >= 4 is 69.4 Å². The number of aryl methyl sites for hydroxylation is 1. The second-order valence-corrected chi connectivity index (χ2v) is 9.06. The summed E-state index contributed by atoms with van der Waals surface area (Å²) < 4.78 is 5.81. The van der Waals surface area contributed by atoms with E-state index in [9.17, 15) is 19.5 Å². The molecule has 0 spiro atoms. The van der Waals surface area contributed by atoms with Crippen LogP contribution in [0, 0.1) is 6.92 Å². The number of thiocarbonyl (C=S) groups is 1. The van der Waals surface area contributed by atoms with Crippen molar-refractivity contribution in [3.05, 3.63) is 63.5 Å². The van der Waals surface area contributed by atoms with Crippen LogP contribution >= 0.6 is 35.6 Å². The van der Waals surface area contributed by atoms with Gasteiger partial charge < -0.3 is 15.2 Å². The maximum Gasteiger partial charge on any atom is 0.326 e. The zero-order valence-electron chi connectivity index (χ0n) is 17.1. The van der Waals surface area contributed by atoms with E-state index < -0.39 is 17.9 Å². The molecule has 32 heavy (non-hydrogen) atoms. The van der Waals surface area contributed by atoms with E-state index in [4.69, 9.17) is 28.6 Å². The summed E-state index contributed by atoms with van der Waals surface area (Å²) in [5.41, 5.74) is 2.19. The summed E-state index contributed by atoms with van der Waals surface area (Å²) in [6.45, 7) is 3.08. The van der Waals surface area contributed by atoms with E-state index in [0.29, 0.717) is 22.0 Å². The number of aliphatic carboxylic acids is 1. The van der Waals surface area contributed by atoms with Crippen LogP contribution in [0.25, 0.3) is 6.08 Å². The Morgan fingerprint density at radius 1 is 1.28 bits per heavy atom. The number of thioether (sulfide) groups is 1. The number of carbonyl (C=O) groups excluding carboxylic acids is 2. The number of nitrogens with zero attached hydrogens (tertiary/aromatic N) is 1. The molecule has 166 valence electrons. The van der Waals surface area contributed by atoms with Gasteiger partial charge in [-0.2, -0.15) is 0 Å². The Balaban J connectivity index is 1.76. The molecule has 2 aromatic rings. The normalized spacial score (nSPS) is 15.7. The summed E-state index contributed by atoms with van der Waals surface area (Å²) in [7, 11) is 0. The highest BCUT2D eigenvalue weighted by molar-refractivity contribution is 8.26. The molecule has 2 aromatic carbocycles. The largest absolute Gasteiger partial charge is 0.483 e. The SMILES string of the molecule is Cc1ccc(NC(=O)COc2ccc(Cl)cc2/C=C2\SC(=S)N(C(C)C(=O)O)C2=O)cc1. The van der Waals surface area contributed by atoms with Gasteiger partial charge in [-0.25, -0.2) is 4.79 Å². The van der Waals surface area contributed by atoms with Gasteiger partial charge in [-0.05, 0) is 50.3 Å². The number of carbonyl (C=O) groups is 3. The summed E-state index contributed by atoms with van der Waals surface area (Å²) in [5, 5.41) is 12.4. The molecule has 0 bridgehead atoms. The van der Waals surface area contributed by atoms with Gasteiger partial charge in [-0.15, -0.1) is 0 Å². The lowest BCUT2D eigenvalue weighted by atomic mass is 10.1. The van der Waals surface area contributed by atoms with Crippen LogP contribution in [0.2, 0.25) is 5.02 Å². The molecule has 1 fully saturated rings. The van der Waals surface area contributed by atoms with Gasteiger partial charge in [0, 0.05) is 16.3 Å². The van der Waals surface area contributed by atoms with Crippen LogP contribution in [0.4, 0.5) is 5.69 Å². The van der Waals surface area contributed by atoms with E-state index in [1.54, 1.807) is 30.3 Å². The van der Waals surface area contributed by atoms with Crippen molar-refractivity contribution in [1.82, 2.24) is 4.90 Å². The van der Waals surface area contributed by atoms with E-state index in [2.05, 4.69) is 5.32 Å². The van der Waals surface area contributed by atoms with Crippen LogP contribution in [0.5, 0.6) is 5.75 Å². The maximum absolute atomic E-state index is 12.7. The Hall–Kier alpha value is -2.88. The Bertz CT molecular complexity index is 1120. The second-order valence-electron chi connectivity index (χ2n) is 6.95. The number of ether oxygens (including phenoxy) is 1. The Morgan fingerprint density at radius 3 is 2.62 bits per heavy atom. The number of carboxylic acids is 1. The van der Waals surface area contributed by atoms with Gasteiger partial charge in [0.2, 0.25) is 0 Å². The average molecular weight is 491 g/mol. The first-order valence-corrected chi connectivity index (χ1v) is 11.0. The van der Waals surface area contributed by atoms with Crippen molar-refractivity contribution in [1.29, 1.82) is 0 Å². The van der Waals surface area contributed by atoms with Gasteiger partial charge in [-0.1, -0.05) is 53.3 Å². The molecule has 10 heteroatoms. The van der Waals surface area contributed by atoms with E-state index in [1.807, 2.05) is 19.1 Å². The molecule has 0 aliphatic carbocycles. The number of halogens is 1. The first kappa shape index (κ1) is 23.8. The fourth-order valence-corrected chi connectivity index (χ4v) is 4.40. The number of anilines is 1. The minimum Gasteiger partial charge on any atom is -0.483 e. The van der Waals surface area contributed by atoms with Crippen LogP contribution in [-0.2, 0) is 14.4 Å². The van der Waals surface area contributed by atoms with E-state index >= 15 is 0 Å². The molecule has 1 heterocycles. The number of benzene rings is 2. The highest BCUT2D eigenvalue weighted by atomic mass is 35.5. The van der Waals surface area contributed by atoms with E-state index in [0.717, 1.165) is 22.2 Å². The second kappa shape index (κ2) is 10.2. The molecule has 2 amide bonds. The number of hydrogen-bond acceptors (Lipinski definition) is 6. The Kier molecular flexibility index (Phi) is 7.55. The average Bonchev–Trinajstić information content (AvgIpc) is 3.01.